The monoisotopic (exact) mass is 500 g/mol. The van der Waals surface area contributed by atoms with Crippen LogP contribution in [0.5, 0.6) is 0 Å². The van der Waals surface area contributed by atoms with Crippen LogP contribution >= 0.6 is 0 Å². The molecule has 2 fully saturated rings. The van der Waals surface area contributed by atoms with E-state index < -0.39 is 28.9 Å². The highest BCUT2D eigenvalue weighted by atomic mass is 19.4. The molecule has 1 saturated heterocycles. The number of alkyl halides is 3. The standard InChI is InChI=1S/C20H23FN4O3.C2HF3O2/c21-16-4-2-1-3-15(16)10-23-8-7-20(12-23)13-24-17(11-28-20)22-25(9-14-5-6-14)19(27)18(24)26;3-2(4,5)1(6)7/h1-4,14H,5-13H2;(H,6,7). The zero-order valence-electron chi connectivity index (χ0n) is 18.6. The number of benzene rings is 1. The molecule has 2 aliphatic heterocycles. The van der Waals surface area contributed by atoms with Crippen molar-refractivity contribution >= 4 is 5.97 Å². The second-order valence-electron chi connectivity index (χ2n) is 9.06. The average Bonchev–Trinajstić information content (AvgIpc) is 3.54. The van der Waals surface area contributed by atoms with Gasteiger partial charge >= 0.3 is 23.3 Å². The zero-order chi connectivity index (χ0) is 25.4. The van der Waals surface area contributed by atoms with Crippen LogP contribution in [0.2, 0.25) is 0 Å². The molecule has 35 heavy (non-hydrogen) atoms. The van der Waals surface area contributed by atoms with Crippen molar-refractivity contribution in [2.45, 2.75) is 57.3 Å². The molecule has 3 aliphatic rings. The number of hydrogen-bond acceptors (Lipinski definition) is 6. The molecule has 0 radical (unpaired) electrons. The fraction of sp³-hybridized carbons (Fsp3) is 0.545. The number of likely N-dealkylation sites (tertiary alicyclic amines) is 1. The van der Waals surface area contributed by atoms with Crippen LogP contribution < -0.4 is 11.1 Å². The fourth-order valence-corrected chi connectivity index (χ4v) is 4.25. The fourth-order valence-electron chi connectivity index (χ4n) is 4.25. The minimum absolute atomic E-state index is 0.213. The van der Waals surface area contributed by atoms with Gasteiger partial charge < -0.3 is 9.84 Å². The first kappa shape index (κ1) is 25.0. The molecule has 190 valence electrons. The van der Waals surface area contributed by atoms with Crippen molar-refractivity contribution in [2.75, 3.05) is 13.1 Å². The molecule has 1 N–H and O–H groups in total. The van der Waals surface area contributed by atoms with Gasteiger partial charge in [0.25, 0.3) is 0 Å². The lowest BCUT2D eigenvalue weighted by atomic mass is 10.0. The third kappa shape index (κ3) is 5.78. The quantitative estimate of drug-likeness (QED) is 0.504. The predicted octanol–water partition coefficient (Wildman–Crippen LogP) is 1.76. The van der Waals surface area contributed by atoms with Crippen molar-refractivity contribution in [3.63, 3.8) is 0 Å². The van der Waals surface area contributed by atoms with Crippen molar-refractivity contribution in [1.82, 2.24) is 19.2 Å². The van der Waals surface area contributed by atoms with E-state index in [1.807, 2.05) is 6.07 Å². The number of rotatable bonds is 4. The van der Waals surface area contributed by atoms with Crippen LogP contribution in [0.4, 0.5) is 17.6 Å². The summed E-state index contributed by atoms with van der Waals surface area (Å²) in [6, 6.07) is 6.76. The van der Waals surface area contributed by atoms with E-state index in [2.05, 4.69) is 10.00 Å². The molecule has 13 heteroatoms. The van der Waals surface area contributed by atoms with Crippen LogP contribution in [-0.2, 0) is 35.8 Å². The smallest absolute Gasteiger partial charge is 0.475 e. The third-order valence-electron chi connectivity index (χ3n) is 6.28. The Labute approximate surface area is 196 Å². The Bertz CT molecular complexity index is 1220. The first-order chi connectivity index (χ1) is 16.5. The Hall–Kier alpha value is -3.06. The third-order valence-corrected chi connectivity index (χ3v) is 6.28. The lowest BCUT2D eigenvalue weighted by Gasteiger charge is -2.35. The minimum Gasteiger partial charge on any atom is -0.475 e. The summed E-state index contributed by atoms with van der Waals surface area (Å²) in [5.74, 6) is -1.99. The minimum atomic E-state index is -5.08. The van der Waals surface area contributed by atoms with Gasteiger partial charge in [-0.2, -0.15) is 18.3 Å². The van der Waals surface area contributed by atoms with Crippen molar-refractivity contribution in [3.05, 3.63) is 62.2 Å². The van der Waals surface area contributed by atoms with Gasteiger partial charge in [0, 0.05) is 31.7 Å². The van der Waals surface area contributed by atoms with Crippen molar-refractivity contribution < 1.29 is 32.2 Å². The Morgan fingerprint density at radius 3 is 2.49 bits per heavy atom. The summed E-state index contributed by atoms with van der Waals surface area (Å²) in [6.07, 6.45) is -2.17. The highest BCUT2D eigenvalue weighted by molar-refractivity contribution is 5.73. The maximum Gasteiger partial charge on any atom is 0.490 e. The topological polar surface area (TPSA) is 107 Å². The summed E-state index contributed by atoms with van der Waals surface area (Å²) >= 11 is 0. The van der Waals surface area contributed by atoms with E-state index in [1.165, 1.54) is 15.3 Å². The number of fused-ring (bicyclic) bond motifs is 1. The second-order valence-corrected chi connectivity index (χ2v) is 9.06. The summed E-state index contributed by atoms with van der Waals surface area (Å²) in [7, 11) is 0. The Morgan fingerprint density at radius 1 is 1.17 bits per heavy atom. The molecule has 5 rings (SSSR count). The van der Waals surface area contributed by atoms with Crippen LogP contribution in [0.3, 0.4) is 0 Å². The maximum atomic E-state index is 14.0. The van der Waals surface area contributed by atoms with Crippen molar-refractivity contribution in [3.8, 4) is 0 Å². The lowest BCUT2D eigenvalue weighted by molar-refractivity contribution is -0.192. The lowest BCUT2D eigenvalue weighted by Crippen LogP contribution is -2.53. The highest BCUT2D eigenvalue weighted by Gasteiger charge is 2.43. The van der Waals surface area contributed by atoms with Crippen molar-refractivity contribution in [2.24, 2.45) is 5.92 Å². The largest absolute Gasteiger partial charge is 0.490 e. The van der Waals surface area contributed by atoms with E-state index in [9.17, 15) is 27.2 Å². The van der Waals surface area contributed by atoms with E-state index in [0.29, 0.717) is 43.5 Å². The van der Waals surface area contributed by atoms with E-state index in [0.717, 1.165) is 25.8 Å². The number of nitrogens with zero attached hydrogens (tertiary/aromatic N) is 4. The van der Waals surface area contributed by atoms with Crippen LogP contribution in [0.15, 0.2) is 33.9 Å². The normalized spacial score (nSPS) is 21.9. The molecule has 1 atom stereocenters. The zero-order valence-corrected chi connectivity index (χ0v) is 18.6. The molecule has 1 saturated carbocycles. The van der Waals surface area contributed by atoms with Crippen LogP contribution in [0.25, 0.3) is 0 Å². The molecule has 0 bridgehead atoms. The van der Waals surface area contributed by atoms with Crippen molar-refractivity contribution in [1.29, 1.82) is 0 Å². The molecule has 2 aromatic rings. The van der Waals surface area contributed by atoms with Gasteiger partial charge in [-0.05, 0) is 31.2 Å². The van der Waals surface area contributed by atoms with Crippen LogP contribution in [0.1, 0.15) is 30.7 Å². The number of hydrogen-bond donors (Lipinski definition) is 1. The molecule has 1 aliphatic carbocycles. The van der Waals surface area contributed by atoms with Gasteiger partial charge in [0.1, 0.15) is 18.0 Å². The Balaban J connectivity index is 0.000000364. The molecule has 3 heterocycles. The van der Waals surface area contributed by atoms with Gasteiger partial charge in [0.15, 0.2) is 5.82 Å². The number of halogens is 4. The summed E-state index contributed by atoms with van der Waals surface area (Å²) in [4.78, 5) is 36.1. The van der Waals surface area contributed by atoms with E-state index in [1.54, 1.807) is 12.1 Å². The maximum absolute atomic E-state index is 14.0. The molecular formula is C22H24F4N4O5. The van der Waals surface area contributed by atoms with Gasteiger partial charge in [-0.3, -0.25) is 19.1 Å². The molecule has 1 aromatic heterocycles. The van der Waals surface area contributed by atoms with Gasteiger partial charge in [0.05, 0.1) is 6.54 Å². The van der Waals surface area contributed by atoms with Crippen LogP contribution in [-0.4, -0.2) is 55.2 Å². The highest BCUT2D eigenvalue weighted by Crippen LogP contribution is 2.32. The van der Waals surface area contributed by atoms with Crippen LogP contribution in [0, 0.1) is 11.7 Å². The SMILES string of the molecule is O=C(O)C(F)(F)F.O=c1c(=O)n2c(nn1CC1CC1)COC1(CCN(Cc3ccccc3F)C1)C2. The molecule has 1 aromatic carbocycles. The van der Waals surface area contributed by atoms with Gasteiger partial charge in [-0.1, -0.05) is 18.2 Å². The van der Waals surface area contributed by atoms with E-state index in [-0.39, 0.29) is 12.4 Å². The number of carboxylic acids is 1. The first-order valence-corrected chi connectivity index (χ1v) is 11.1. The Kier molecular flexibility index (Phi) is 6.82. The Morgan fingerprint density at radius 2 is 1.86 bits per heavy atom. The average molecular weight is 500 g/mol. The number of aromatic nitrogens is 3. The molecule has 1 spiro atoms. The number of carboxylic acid groups (broad SMARTS) is 1. The van der Waals surface area contributed by atoms with E-state index in [4.69, 9.17) is 14.6 Å². The summed E-state index contributed by atoms with van der Waals surface area (Å²) in [6.45, 7) is 2.91. The number of ether oxygens (including phenoxy) is 1. The van der Waals surface area contributed by atoms with Gasteiger partial charge in [-0.25, -0.2) is 13.9 Å². The van der Waals surface area contributed by atoms with E-state index >= 15 is 0 Å². The number of carbonyl (C=O) groups is 1. The number of aliphatic carboxylic acids is 1. The summed E-state index contributed by atoms with van der Waals surface area (Å²) < 4.78 is 54.6. The van der Waals surface area contributed by atoms with Gasteiger partial charge in [-0.15, -0.1) is 0 Å². The summed E-state index contributed by atoms with van der Waals surface area (Å²) in [5.41, 5.74) is -0.939. The van der Waals surface area contributed by atoms with Gasteiger partial charge in [0.2, 0.25) is 0 Å². The molecule has 9 nitrogen and oxygen atoms in total. The summed E-state index contributed by atoms with van der Waals surface area (Å²) in [5, 5.41) is 11.5. The molecule has 1 unspecified atom stereocenters. The molecular weight excluding hydrogens is 476 g/mol. The first-order valence-electron chi connectivity index (χ1n) is 11.1. The molecule has 0 amide bonds. The second kappa shape index (κ2) is 9.53. The predicted molar refractivity (Wildman–Crippen MR) is 113 cm³/mol.